The van der Waals surface area contributed by atoms with Crippen molar-refractivity contribution in [3.05, 3.63) is 62.0 Å². The zero-order chi connectivity index (χ0) is 15.6. The Hall–Kier alpha value is -1.66. The van der Waals surface area contributed by atoms with Gasteiger partial charge in [-0.3, -0.25) is 4.79 Å². The van der Waals surface area contributed by atoms with E-state index in [0.29, 0.717) is 15.7 Å². The molecular weight excluding hydrogens is 402 g/mol. The molecule has 2 aromatic rings. The van der Waals surface area contributed by atoms with E-state index < -0.39 is 5.97 Å². The molecular formula is C15H11Br2NO3. The summed E-state index contributed by atoms with van der Waals surface area (Å²) < 4.78 is 1.18. The van der Waals surface area contributed by atoms with Gasteiger partial charge >= 0.3 is 5.97 Å². The van der Waals surface area contributed by atoms with Crippen LogP contribution in [0.1, 0.15) is 26.3 Å². The maximum absolute atomic E-state index is 12.3. The van der Waals surface area contributed by atoms with Gasteiger partial charge in [0.2, 0.25) is 0 Å². The van der Waals surface area contributed by atoms with Crippen LogP contribution in [-0.2, 0) is 0 Å². The van der Waals surface area contributed by atoms with Gasteiger partial charge in [0, 0.05) is 14.6 Å². The summed E-state index contributed by atoms with van der Waals surface area (Å²) in [6.45, 7) is 1.89. The lowest BCUT2D eigenvalue weighted by Gasteiger charge is -2.09. The molecule has 0 fully saturated rings. The molecule has 4 nitrogen and oxygen atoms in total. The molecule has 2 N–H and O–H groups in total. The Morgan fingerprint density at radius 2 is 1.81 bits per heavy atom. The monoisotopic (exact) mass is 411 g/mol. The quantitative estimate of drug-likeness (QED) is 0.781. The Bertz CT molecular complexity index is 729. The summed E-state index contributed by atoms with van der Waals surface area (Å²) in [5.41, 5.74) is 1.96. The van der Waals surface area contributed by atoms with Crippen molar-refractivity contribution >= 4 is 49.4 Å². The highest BCUT2D eigenvalue weighted by Gasteiger charge is 2.14. The first-order valence-corrected chi connectivity index (χ1v) is 7.58. The van der Waals surface area contributed by atoms with E-state index in [2.05, 4.69) is 37.2 Å². The Morgan fingerprint density at radius 3 is 2.48 bits per heavy atom. The van der Waals surface area contributed by atoms with Gasteiger partial charge in [0.15, 0.2) is 0 Å². The third-order valence-electron chi connectivity index (χ3n) is 2.89. The summed E-state index contributed by atoms with van der Waals surface area (Å²) in [6, 6.07) is 10.0. The highest BCUT2D eigenvalue weighted by atomic mass is 79.9. The van der Waals surface area contributed by atoms with Crippen molar-refractivity contribution in [2.45, 2.75) is 6.92 Å². The third kappa shape index (κ3) is 3.51. The second kappa shape index (κ2) is 6.41. The van der Waals surface area contributed by atoms with Gasteiger partial charge in [-0.25, -0.2) is 4.79 Å². The summed E-state index contributed by atoms with van der Waals surface area (Å²) in [4.78, 5) is 23.3. The number of benzene rings is 2. The molecule has 6 heteroatoms. The molecule has 0 aliphatic carbocycles. The van der Waals surface area contributed by atoms with Crippen molar-refractivity contribution in [1.82, 2.24) is 0 Å². The Kier molecular flexibility index (Phi) is 4.80. The van der Waals surface area contributed by atoms with Crippen LogP contribution in [0.15, 0.2) is 45.3 Å². The second-order valence-corrected chi connectivity index (χ2v) is 6.04. The van der Waals surface area contributed by atoms with Gasteiger partial charge < -0.3 is 10.4 Å². The normalized spacial score (nSPS) is 10.2. The summed E-state index contributed by atoms with van der Waals surface area (Å²) in [5.74, 6) is -1.36. The number of aromatic carboxylic acids is 1. The number of hydrogen-bond donors (Lipinski definition) is 2. The molecule has 0 saturated heterocycles. The summed E-state index contributed by atoms with van der Waals surface area (Å²) >= 11 is 6.54. The van der Waals surface area contributed by atoms with Crippen molar-refractivity contribution in [2.24, 2.45) is 0 Å². The average Bonchev–Trinajstić information content (AvgIpc) is 2.43. The molecule has 0 atom stereocenters. The molecule has 2 rings (SSSR count). The van der Waals surface area contributed by atoms with Gasteiger partial charge in [0.25, 0.3) is 5.91 Å². The molecule has 1 amide bonds. The number of carboxylic acids is 1. The van der Waals surface area contributed by atoms with Crippen LogP contribution in [0, 0.1) is 6.92 Å². The number of anilines is 1. The van der Waals surface area contributed by atoms with E-state index in [9.17, 15) is 9.59 Å². The van der Waals surface area contributed by atoms with Gasteiger partial charge in [-0.1, -0.05) is 12.1 Å². The number of nitrogens with one attached hydrogen (secondary N) is 1. The zero-order valence-corrected chi connectivity index (χ0v) is 14.2. The van der Waals surface area contributed by atoms with Gasteiger partial charge in [-0.2, -0.15) is 0 Å². The van der Waals surface area contributed by atoms with Crippen LogP contribution in [0.25, 0.3) is 0 Å². The van der Waals surface area contributed by atoms with E-state index in [4.69, 9.17) is 5.11 Å². The van der Waals surface area contributed by atoms with Crippen molar-refractivity contribution in [1.29, 1.82) is 0 Å². The molecule has 0 heterocycles. The van der Waals surface area contributed by atoms with Crippen molar-refractivity contribution in [2.75, 3.05) is 5.32 Å². The van der Waals surface area contributed by atoms with Gasteiger partial charge in [-0.15, -0.1) is 0 Å². The van der Waals surface area contributed by atoms with Crippen LogP contribution in [0.3, 0.4) is 0 Å². The molecule has 0 aliphatic rings. The molecule has 0 aromatic heterocycles. The molecule has 0 aliphatic heterocycles. The number of hydrogen-bond acceptors (Lipinski definition) is 2. The maximum Gasteiger partial charge on any atom is 0.336 e. The Labute approximate surface area is 138 Å². The van der Waals surface area contributed by atoms with Crippen LogP contribution in [0.5, 0.6) is 0 Å². The molecule has 0 radical (unpaired) electrons. The molecule has 0 bridgehead atoms. The number of carbonyl (C=O) groups is 2. The lowest BCUT2D eigenvalue weighted by atomic mass is 10.1. The highest BCUT2D eigenvalue weighted by Crippen LogP contribution is 2.24. The maximum atomic E-state index is 12.3. The average molecular weight is 413 g/mol. The van der Waals surface area contributed by atoms with E-state index >= 15 is 0 Å². The van der Waals surface area contributed by atoms with Crippen molar-refractivity contribution < 1.29 is 14.7 Å². The van der Waals surface area contributed by atoms with Crippen LogP contribution in [0.4, 0.5) is 5.69 Å². The fourth-order valence-corrected chi connectivity index (χ4v) is 2.65. The predicted molar refractivity (Wildman–Crippen MR) is 87.9 cm³/mol. The molecule has 2 aromatic carbocycles. The molecule has 21 heavy (non-hydrogen) atoms. The topological polar surface area (TPSA) is 66.4 Å². The van der Waals surface area contributed by atoms with Crippen LogP contribution in [0.2, 0.25) is 0 Å². The minimum Gasteiger partial charge on any atom is -0.478 e. The Morgan fingerprint density at radius 1 is 1.10 bits per heavy atom. The van der Waals surface area contributed by atoms with E-state index in [0.717, 1.165) is 10.0 Å². The van der Waals surface area contributed by atoms with Crippen molar-refractivity contribution in [3.8, 4) is 0 Å². The van der Waals surface area contributed by atoms with Gasteiger partial charge in [0.05, 0.1) is 11.1 Å². The number of halogens is 2. The van der Waals surface area contributed by atoms with E-state index in [1.807, 2.05) is 13.0 Å². The number of carbonyl (C=O) groups excluding carboxylic acids is 1. The number of amides is 1. The minimum absolute atomic E-state index is 0.0936. The first-order chi connectivity index (χ1) is 9.90. The lowest BCUT2D eigenvalue weighted by molar-refractivity contribution is 0.0695. The number of aryl methyl sites for hydroxylation is 1. The predicted octanol–water partition coefficient (Wildman–Crippen LogP) is 4.47. The van der Waals surface area contributed by atoms with Crippen LogP contribution < -0.4 is 5.32 Å². The first kappa shape index (κ1) is 15.7. The summed E-state index contributed by atoms with van der Waals surface area (Å²) in [6.07, 6.45) is 0. The van der Waals surface area contributed by atoms with Crippen molar-refractivity contribution in [3.63, 3.8) is 0 Å². The fraction of sp³-hybridized carbons (Fsp3) is 0.0667. The summed E-state index contributed by atoms with van der Waals surface area (Å²) in [5, 5.41) is 11.8. The fourth-order valence-electron chi connectivity index (χ4n) is 1.79. The van der Waals surface area contributed by atoms with Gasteiger partial charge in [-0.05, 0) is 68.6 Å². The largest absolute Gasteiger partial charge is 0.478 e. The SMILES string of the molecule is Cc1cccc(C(=O)Nc2ccc(Br)c(C(=O)O)c2)c1Br. The molecule has 0 spiro atoms. The number of carboxylic acid groups (broad SMARTS) is 1. The second-order valence-electron chi connectivity index (χ2n) is 4.39. The number of rotatable bonds is 3. The zero-order valence-electron chi connectivity index (χ0n) is 11.0. The smallest absolute Gasteiger partial charge is 0.336 e. The highest BCUT2D eigenvalue weighted by molar-refractivity contribution is 9.10. The molecule has 108 valence electrons. The van der Waals surface area contributed by atoms with E-state index in [-0.39, 0.29) is 11.5 Å². The van der Waals surface area contributed by atoms with Crippen LogP contribution >= 0.6 is 31.9 Å². The molecule has 0 saturated carbocycles. The Balaban J connectivity index is 2.30. The standard InChI is InChI=1S/C15H11Br2NO3/c1-8-3-2-4-10(13(8)17)14(19)18-9-5-6-12(16)11(7-9)15(20)21/h2-7H,1H3,(H,18,19)(H,20,21). The van der Waals surface area contributed by atoms with Crippen LogP contribution in [-0.4, -0.2) is 17.0 Å². The third-order valence-corrected chi connectivity index (χ3v) is 4.64. The van der Waals surface area contributed by atoms with E-state index in [1.54, 1.807) is 24.3 Å². The first-order valence-electron chi connectivity index (χ1n) is 5.99. The summed E-state index contributed by atoms with van der Waals surface area (Å²) in [7, 11) is 0. The van der Waals surface area contributed by atoms with Gasteiger partial charge in [0.1, 0.15) is 0 Å². The van der Waals surface area contributed by atoms with E-state index in [1.165, 1.54) is 6.07 Å². The minimum atomic E-state index is -1.06. The molecule has 0 unspecified atom stereocenters. The lowest BCUT2D eigenvalue weighted by Crippen LogP contribution is -2.13.